The van der Waals surface area contributed by atoms with Crippen molar-refractivity contribution in [3.63, 3.8) is 0 Å². The van der Waals surface area contributed by atoms with E-state index in [1.54, 1.807) is 13.2 Å². The number of hydrogen-bond donors (Lipinski definition) is 1. The van der Waals surface area contributed by atoms with Gasteiger partial charge >= 0.3 is 0 Å². The van der Waals surface area contributed by atoms with Crippen molar-refractivity contribution in [2.45, 2.75) is 13.3 Å². The first-order valence-corrected chi connectivity index (χ1v) is 5.27. The number of rotatable bonds is 4. The first-order valence-electron chi connectivity index (χ1n) is 4.74. The van der Waals surface area contributed by atoms with Gasteiger partial charge in [-0.1, -0.05) is 13.0 Å². The van der Waals surface area contributed by atoms with E-state index in [4.69, 9.17) is 16.3 Å². The Balaban J connectivity index is 2.95. The topological polar surface area (TPSA) is 38.3 Å². The summed E-state index contributed by atoms with van der Waals surface area (Å²) in [6.07, 6.45) is 0.849. The van der Waals surface area contributed by atoms with Crippen LogP contribution in [-0.2, 0) is 11.2 Å². The molecule has 0 heterocycles. The van der Waals surface area contributed by atoms with Gasteiger partial charge in [0.25, 0.3) is 0 Å². The van der Waals surface area contributed by atoms with Gasteiger partial charge in [0.1, 0.15) is 11.6 Å². The van der Waals surface area contributed by atoms with Crippen LogP contribution in [0.1, 0.15) is 12.5 Å². The highest BCUT2D eigenvalue weighted by atomic mass is 35.5. The molecule has 1 rings (SSSR count). The molecule has 0 saturated carbocycles. The van der Waals surface area contributed by atoms with Crippen LogP contribution in [0.15, 0.2) is 18.2 Å². The number of carbonyl (C=O) groups is 1. The number of amides is 1. The van der Waals surface area contributed by atoms with E-state index < -0.39 is 0 Å². The minimum absolute atomic E-state index is 0.0413. The second-order valence-corrected chi connectivity index (χ2v) is 3.33. The normalized spacial score (nSPS) is 9.80. The van der Waals surface area contributed by atoms with Gasteiger partial charge < -0.3 is 10.1 Å². The third-order valence-corrected chi connectivity index (χ3v) is 2.34. The number of ether oxygens (including phenoxy) is 1. The van der Waals surface area contributed by atoms with Crippen LogP contribution in [0.3, 0.4) is 0 Å². The Morgan fingerprint density at radius 1 is 1.53 bits per heavy atom. The van der Waals surface area contributed by atoms with Crippen molar-refractivity contribution in [1.29, 1.82) is 0 Å². The number of aryl methyl sites for hydroxylation is 1. The van der Waals surface area contributed by atoms with E-state index in [0.29, 0.717) is 0 Å². The van der Waals surface area contributed by atoms with Crippen LogP contribution in [0.5, 0.6) is 5.75 Å². The predicted octanol–water partition coefficient (Wildman–Crippen LogP) is 2.43. The fraction of sp³-hybridized carbons (Fsp3) is 0.364. The molecule has 0 unspecified atom stereocenters. The van der Waals surface area contributed by atoms with Crippen molar-refractivity contribution in [3.8, 4) is 5.75 Å². The number of halogens is 1. The van der Waals surface area contributed by atoms with Gasteiger partial charge in [-0.3, -0.25) is 4.79 Å². The largest absolute Gasteiger partial charge is 0.497 e. The van der Waals surface area contributed by atoms with E-state index in [-0.39, 0.29) is 11.8 Å². The highest BCUT2D eigenvalue weighted by molar-refractivity contribution is 6.29. The van der Waals surface area contributed by atoms with Crippen LogP contribution >= 0.6 is 11.6 Å². The SMILES string of the molecule is CCc1ccc(OC)cc1NC(=O)CCl. The van der Waals surface area contributed by atoms with Crippen molar-refractivity contribution >= 4 is 23.2 Å². The van der Waals surface area contributed by atoms with Crippen molar-refractivity contribution in [3.05, 3.63) is 23.8 Å². The second kappa shape index (κ2) is 5.61. The van der Waals surface area contributed by atoms with Gasteiger partial charge in [0.2, 0.25) is 5.91 Å². The summed E-state index contributed by atoms with van der Waals surface area (Å²) in [6.45, 7) is 2.03. The Morgan fingerprint density at radius 3 is 2.80 bits per heavy atom. The third kappa shape index (κ3) is 3.13. The lowest BCUT2D eigenvalue weighted by Crippen LogP contribution is -2.13. The van der Waals surface area contributed by atoms with Crippen LogP contribution in [0, 0.1) is 0 Å². The van der Waals surface area contributed by atoms with Gasteiger partial charge in [-0.15, -0.1) is 11.6 Å². The summed E-state index contributed by atoms with van der Waals surface area (Å²) in [5, 5.41) is 2.73. The van der Waals surface area contributed by atoms with Crippen molar-refractivity contribution < 1.29 is 9.53 Å². The molecule has 1 amide bonds. The lowest BCUT2D eigenvalue weighted by molar-refractivity contribution is -0.113. The van der Waals surface area contributed by atoms with Gasteiger partial charge in [0.05, 0.1) is 7.11 Å². The average Bonchev–Trinajstić information content (AvgIpc) is 2.28. The van der Waals surface area contributed by atoms with E-state index in [0.717, 1.165) is 23.4 Å². The molecule has 1 N–H and O–H groups in total. The zero-order valence-electron chi connectivity index (χ0n) is 8.84. The molecule has 1 aromatic rings. The lowest BCUT2D eigenvalue weighted by atomic mass is 10.1. The summed E-state index contributed by atoms with van der Waals surface area (Å²) >= 11 is 5.43. The Hall–Kier alpha value is -1.22. The first-order chi connectivity index (χ1) is 7.21. The van der Waals surface area contributed by atoms with Gasteiger partial charge in [0, 0.05) is 11.8 Å². The Kier molecular flexibility index (Phi) is 4.43. The number of nitrogens with one attached hydrogen (secondary N) is 1. The maximum absolute atomic E-state index is 11.2. The molecule has 15 heavy (non-hydrogen) atoms. The third-order valence-electron chi connectivity index (χ3n) is 2.09. The molecule has 4 heteroatoms. The average molecular weight is 228 g/mol. The fourth-order valence-electron chi connectivity index (χ4n) is 1.29. The number of anilines is 1. The summed E-state index contributed by atoms with van der Waals surface area (Å²) in [5.41, 5.74) is 1.83. The predicted molar refractivity (Wildman–Crippen MR) is 61.7 cm³/mol. The summed E-state index contributed by atoms with van der Waals surface area (Å²) < 4.78 is 5.09. The molecule has 0 bridgehead atoms. The van der Waals surface area contributed by atoms with E-state index >= 15 is 0 Å². The smallest absolute Gasteiger partial charge is 0.239 e. The van der Waals surface area contributed by atoms with Crippen LogP contribution in [0.25, 0.3) is 0 Å². The number of alkyl halides is 1. The number of methoxy groups -OCH3 is 1. The summed E-state index contributed by atoms with van der Waals surface area (Å²) in [5.74, 6) is 0.470. The Morgan fingerprint density at radius 2 is 2.27 bits per heavy atom. The van der Waals surface area contributed by atoms with E-state index in [1.807, 2.05) is 19.1 Å². The molecule has 0 fully saturated rings. The molecule has 82 valence electrons. The van der Waals surface area contributed by atoms with Gasteiger partial charge in [0.15, 0.2) is 0 Å². The standard InChI is InChI=1S/C11H14ClNO2/c1-3-8-4-5-9(15-2)6-10(8)13-11(14)7-12/h4-6H,3,7H2,1-2H3,(H,13,14). The molecule has 0 spiro atoms. The van der Waals surface area contributed by atoms with Crippen molar-refractivity contribution in [2.75, 3.05) is 18.3 Å². The molecule has 1 aromatic carbocycles. The zero-order valence-corrected chi connectivity index (χ0v) is 9.60. The minimum Gasteiger partial charge on any atom is -0.497 e. The summed E-state index contributed by atoms with van der Waals surface area (Å²) in [7, 11) is 1.59. The molecule has 0 aliphatic carbocycles. The summed E-state index contributed by atoms with van der Waals surface area (Å²) in [6, 6.07) is 5.60. The maximum Gasteiger partial charge on any atom is 0.239 e. The highest BCUT2D eigenvalue weighted by Gasteiger charge is 2.06. The van der Waals surface area contributed by atoms with Gasteiger partial charge in [-0.25, -0.2) is 0 Å². The molecule has 3 nitrogen and oxygen atoms in total. The van der Waals surface area contributed by atoms with Gasteiger partial charge in [-0.2, -0.15) is 0 Å². The number of carbonyl (C=O) groups excluding carboxylic acids is 1. The first kappa shape index (κ1) is 11.9. The van der Waals surface area contributed by atoms with Crippen LogP contribution < -0.4 is 10.1 Å². The van der Waals surface area contributed by atoms with Crippen LogP contribution in [0.4, 0.5) is 5.69 Å². The zero-order chi connectivity index (χ0) is 11.3. The fourth-order valence-corrected chi connectivity index (χ4v) is 1.36. The second-order valence-electron chi connectivity index (χ2n) is 3.06. The van der Waals surface area contributed by atoms with Crippen LogP contribution in [-0.4, -0.2) is 18.9 Å². The Bertz CT molecular complexity index is 352. The molecule has 0 saturated heterocycles. The molecule has 0 aliphatic rings. The van der Waals surface area contributed by atoms with Crippen molar-refractivity contribution in [1.82, 2.24) is 0 Å². The Labute approximate surface area is 94.4 Å². The van der Waals surface area contributed by atoms with E-state index in [2.05, 4.69) is 5.32 Å². The quantitative estimate of drug-likeness (QED) is 0.803. The molecular formula is C11H14ClNO2. The highest BCUT2D eigenvalue weighted by Crippen LogP contribution is 2.22. The molecular weight excluding hydrogens is 214 g/mol. The monoisotopic (exact) mass is 227 g/mol. The maximum atomic E-state index is 11.2. The van der Waals surface area contributed by atoms with Gasteiger partial charge in [-0.05, 0) is 18.1 Å². The van der Waals surface area contributed by atoms with E-state index in [1.165, 1.54) is 0 Å². The molecule has 0 aliphatic heterocycles. The molecule has 0 aromatic heterocycles. The van der Waals surface area contributed by atoms with Crippen molar-refractivity contribution in [2.24, 2.45) is 0 Å². The molecule has 0 atom stereocenters. The van der Waals surface area contributed by atoms with Crippen LogP contribution in [0.2, 0.25) is 0 Å². The minimum atomic E-state index is -0.209. The summed E-state index contributed by atoms with van der Waals surface area (Å²) in [4.78, 5) is 11.2. The lowest BCUT2D eigenvalue weighted by Gasteiger charge is -2.10. The van der Waals surface area contributed by atoms with E-state index in [9.17, 15) is 4.79 Å². The number of benzene rings is 1. The number of hydrogen-bond acceptors (Lipinski definition) is 2. The molecule has 0 radical (unpaired) electrons.